The average molecular weight is 270 g/mol. The van der Waals surface area contributed by atoms with E-state index in [1.807, 2.05) is 12.1 Å². The summed E-state index contributed by atoms with van der Waals surface area (Å²) in [6, 6.07) is 2.57. The Labute approximate surface area is 93.7 Å². The molecule has 2 aromatic rings. The van der Waals surface area contributed by atoms with Gasteiger partial charge in [-0.1, -0.05) is 0 Å². The fourth-order valence-electron chi connectivity index (χ4n) is 1.27. The van der Waals surface area contributed by atoms with Crippen molar-refractivity contribution >= 4 is 27.5 Å². The zero-order valence-corrected chi connectivity index (χ0v) is 9.18. The third-order valence-corrected chi connectivity index (χ3v) is 2.66. The van der Waals surface area contributed by atoms with Gasteiger partial charge in [0.2, 0.25) is 0 Å². The van der Waals surface area contributed by atoms with Crippen molar-refractivity contribution in [2.75, 3.05) is 0 Å². The molecule has 78 valence electrons. The van der Waals surface area contributed by atoms with Gasteiger partial charge in [0.25, 0.3) is 0 Å². The number of nitrogens with zero attached hydrogens (tertiary/aromatic N) is 2. The van der Waals surface area contributed by atoms with E-state index in [4.69, 9.17) is 10.8 Å². The molecule has 0 saturated heterocycles. The topological polar surface area (TPSA) is 80.6 Å². The van der Waals surface area contributed by atoms with E-state index in [1.54, 1.807) is 16.8 Å². The van der Waals surface area contributed by atoms with Crippen LogP contribution in [0, 0.1) is 0 Å². The van der Waals surface area contributed by atoms with Crippen molar-refractivity contribution in [3.8, 4) is 0 Å². The minimum atomic E-state index is -1.09. The Hall–Kier alpha value is -1.40. The van der Waals surface area contributed by atoms with E-state index < -0.39 is 12.0 Å². The first-order chi connectivity index (χ1) is 7.09. The van der Waals surface area contributed by atoms with Gasteiger partial charge in [0, 0.05) is 12.4 Å². The maximum absolute atomic E-state index is 10.7. The lowest BCUT2D eigenvalue weighted by atomic mass is 10.2. The predicted octanol–water partition coefficient (Wildman–Crippen LogP) is 1.18. The fraction of sp³-hybridized carbons (Fsp3) is 0.111. The number of carbonyl (C=O) groups is 1. The zero-order valence-electron chi connectivity index (χ0n) is 7.59. The summed E-state index contributed by atoms with van der Waals surface area (Å²) in [6.45, 7) is 0. The number of nitrogens with two attached hydrogens (primary N) is 1. The van der Waals surface area contributed by atoms with E-state index >= 15 is 0 Å². The van der Waals surface area contributed by atoms with Gasteiger partial charge >= 0.3 is 5.97 Å². The minimum absolute atomic E-state index is 0.342. The van der Waals surface area contributed by atoms with Gasteiger partial charge in [-0.15, -0.1) is 0 Å². The molecule has 5 nitrogen and oxygen atoms in total. The Balaban J connectivity index is 2.56. The molecular formula is C9H8BrN3O2. The molecule has 2 aromatic heterocycles. The SMILES string of the molecule is NC(C(=O)O)c1cn2cccc(Br)c2n1. The summed E-state index contributed by atoms with van der Waals surface area (Å²) >= 11 is 3.32. The number of fused-ring (bicyclic) bond motifs is 1. The van der Waals surface area contributed by atoms with Crippen LogP contribution in [0.4, 0.5) is 0 Å². The summed E-state index contributed by atoms with van der Waals surface area (Å²) in [5.41, 5.74) is 6.46. The second-order valence-corrected chi connectivity index (χ2v) is 3.92. The van der Waals surface area contributed by atoms with Crippen molar-refractivity contribution in [3.63, 3.8) is 0 Å². The van der Waals surface area contributed by atoms with Crippen molar-refractivity contribution in [3.05, 3.63) is 34.7 Å². The minimum Gasteiger partial charge on any atom is -0.480 e. The molecule has 2 rings (SSSR count). The quantitative estimate of drug-likeness (QED) is 0.858. The van der Waals surface area contributed by atoms with E-state index in [2.05, 4.69) is 20.9 Å². The highest BCUT2D eigenvalue weighted by Crippen LogP contribution is 2.19. The van der Waals surface area contributed by atoms with Crippen molar-refractivity contribution in [2.24, 2.45) is 5.73 Å². The Morgan fingerprint density at radius 2 is 2.40 bits per heavy atom. The van der Waals surface area contributed by atoms with Gasteiger partial charge in [-0.3, -0.25) is 4.79 Å². The molecular weight excluding hydrogens is 262 g/mol. The van der Waals surface area contributed by atoms with Gasteiger partial charge in [0.15, 0.2) is 5.65 Å². The summed E-state index contributed by atoms with van der Waals surface area (Å²) in [5, 5.41) is 8.74. The van der Waals surface area contributed by atoms with Crippen LogP contribution in [0.1, 0.15) is 11.7 Å². The Morgan fingerprint density at radius 1 is 1.67 bits per heavy atom. The molecule has 0 aliphatic carbocycles. The van der Waals surface area contributed by atoms with E-state index in [9.17, 15) is 4.79 Å². The molecule has 0 radical (unpaired) electrons. The smallest absolute Gasteiger partial charge is 0.326 e. The summed E-state index contributed by atoms with van der Waals surface area (Å²) in [7, 11) is 0. The van der Waals surface area contributed by atoms with Crippen LogP contribution in [0.25, 0.3) is 5.65 Å². The largest absolute Gasteiger partial charge is 0.480 e. The number of rotatable bonds is 2. The Bertz CT molecular complexity index is 523. The van der Waals surface area contributed by atoms with E-state index in [1.165, 1.54) is 0 Å². The second kappa shape index (κ2) is 3.63. The molecule has 0 aliphatic heterocycles. The van der Waals surface area contributed by atoms with E-state index in [0.717, 1.165) is 4.47 Å². The standard InChI is InChI=1S/C9H8BrN3O2/c10-5-2-1-3-13-4-6(12-8(5)13)7(11)9(14)15/h1-4,7H,11H2,(H,14,15). The second-order valence-electron chi connectivity index (χ2n) is 3.07. The van der Waals surface area contributed by atoms with Crippen molar-refractivity contribution in [2.45, 2.75) is 6.04 Å². The molecule has 1 atom stereocenters. The predicted molar refractivity (Wildman–Crippen MR) is 57.5 cm³/mol. The summed E-state index contributed by atoms with van der Waals surface area (Å²) in [4.78, 5) is 14.8. The van der Waals surface area contributed by atoms with Crippen LogP contribution in [0.15, 0.2) is 29.0 Å². The molecule has 0 amide bonds. The summed E-state index contributed by atoms with van der Waals surface area (Å²) < 4.78 is 2.52. The molecule has 6 heteroatoms. The summed E-state index contributed by atoms with van der Waals surface area (Å²) in [6.07, 6.45) is 3.39. The molecule has 1 unspecified atom stereocenters. The maximum Gasteiger partial charge on any atom is 0.326 e. The van der Waals surface area contributed by atoms with Crippen LogP contribution < -0.4 is 5.73 Å². The first kappa shape index (κ1) is 10.1. The lowest BCUT2D eigenvalue weighted by Gasteiger charge is -1.99. The number of pyridine rings is 1. The molecule has 0 bridgehead atoms. The van der Waals surface area contributed by atoms with Crippen molar-refractivity contribution < 1.29 is 9.90 Å². The third-order valence-electron chi connectivity index (χ3n) is 2.04. The highest BCUT2D eigenvalue weighted by atomic mass is 79.9. The van der Waals surface area contributed by atoms with Gasteiger partial charge < -0.3 is 15.2 Å². The van der Waals surface area contributed by atoms with Crippen molar-refractivity contribution in [1.82, 2.24) is 9.38 Å². The molecule has 0 saturated carbocycles. The molecule has 15 heavy (non-hydrogen) atoms. The van der Waals surface area contributed by atoms with Gasteiger partial charge in [-0.05, 0) is 28.1 Å². The van der Waals surface area contributed by atoms with Crippen LogP contribution in [0.2, 0.25) is 0 Å². The average Bonchev–Trinajstić information content (AvgIpc) is 2.61. The normalized spacial score (nSPS) is 12.9. The molecule has 0 aliphatic rings. The number of halogens is 1. The number of aliphatic carboxylic acids is 1. The van der Waals surface area contributed by atoms with Crippen LogP contribution in [0.5, 0.6) is 0 Å². The van der Waals surface area contributed by atoms with Crippen LogP contribution in [-0.2, 0) is 4.79 Å². The third kappa shape index (κ3) is 1.73. The zero-order chi connectivity index (χ0) is 11.0. The first-order valence-corrected chi connectivity index (χ1v) is 5.00. The maximum atomic E-state index is 10.7. The summed E-state index contributed by atoms with van der Waals surface area (Å²) in [5.74, 6) is -1.09. The van der Waals surface area contributed by atoms with Gasteiger partial charge in [-0.2, -0.15) is 0 Å². The van der Waals surface area contributed by atoms with Crippen molar-refractivity contribution in [1.29, 1.82) is 0 Å². The number of carboxylic acids is 1. The number of carboxylic acid groups (broad SMARTS) is 1. The molecule has 3 N–H and O–H groups in total. The lowest BCUT2D eigenvalue weighted by Crippen LogP contribution is -2.20. The fourth-order valence-corrected chi connectivity index (χ4v) is 1.72. The van der Waals surface area contributed by atoms with Crippen LogP contribution in [-0.4, -0.2) is 20.5 Å². The molecule has 2 heterocycles. The van der Waals surface area contributed by atoms with Crippen LogP contribution >= 0.6 is 15.9 Å². The number of aromatic nitrogens is 2. The van der Waals surface area contributed by atoms with Gasteiger partial charge in [-0.25, -0.2) is 4.98 Å². The number of imidazole rings is 1. The number of hydrogen-bond donors (Lipinski definition) is 2. The Kier molecular flexibility index (Phi) is 2.45. The van der Waals surface area contributed by atoms with Gasteiger partial charge in [0.1, 0.15) is 6.04 Å². The molecule has 0 aromatic carbocycles. The monoisotopic (exact) mass is 269 g/mol. The Morgan fingerprint density at radius 3 is 3.00 bits per heavy atom. The van der Waals surface area contributed by atoms with Crippen LogP contribution in [0.3, 0.4) is 0 Å². The number of hydrogen-bond acceptors (Lipinski definition) is 3. The first-order valence-electron chi connectivity index (χ1n) is 4.21. The highest BCUT2D eigenvalue weighted by molar-refractivity contribution is 9.10. The highest BCUT2D eigenvalue weighted by Gasteiger charge is 2.18. The van der Waals surface area contributed by atoms with E-state index in [0.29, 0.717) is 11.3 Å². The van der Waals surface area contributed by atoms with E-state index in [-0.39, 0.29) is 0 Å². The molecule has 0 spiro atoms. The van der Waals surface area contributed by atoms with Gasteiger partial charge in [0.05, 0.1) is 10.2 Å². The lowest BCUT2D eigenvalue weighted by molar-refractivity contribution is -0.138. The molecule has 0 fully saturated rings.